The minimum absolute atomic E-state index is 0.239. The second-order valence-electron chi connectivity index (χ2n) is 8.61. The van der Waals surface area contributed by atoms with E-state index in [0.29, 0.717) is 5.52 Å². The summed E-state index contributed by atoms with van der Waals surface area (Å²) in [4.78, 5) is 42.0. The van der Waals surface area contributed by atoms with Crippen LogP contribution < -0.4 is 10.6 Å². The zero-order valence-electron chi connectivity index (χ0n) is 20.7. The highest BCUT2D eigenvalue weighted by atomic mass is 16.5. The third kappa shape index (κ3) is 5.27. The molecule has 0 radical (unpaired) electrons. The molecule has 0 saturated heterocycles. The van der Waals surface area contributed by atoms with E-state index < -0.39 is 18.0 Å². The Morgan fingerprint density at radius 2 is 1.64 bits per heavy atom. The number of aryl methyl sites for hydroxylation is 3. The van der Waals surface area contributed by atoms with Gasteiger partial charge < -0.3 is 15.4 Å². The molecule has 1 atom stereocenters. The van der Waals surface area contributed by atoms with Crippen LogP contribution in [0.1, 0.15) is 34.2 Å². The standard InChI is InChI=1S/C28H28N4O4/c1-17-9-8-10-18(2)26(17)31-25(33)16-29-27(34)19(3)36-28(35)21-13-14-24-23(15-21)30-20(4)32(24)22-11-6-5-7-12-22/h5-15,19H,16H2,1-4H3,(H,29,34)(H,31,33). The Hall–Kier alpha value is -4.46. The van der Waals surface area contributed by atoms with Gasteiger partial charge in [-0.15, -0.1) is 0 Å². The number of para-hydroxylation sites is 2. The lowest BCUT2D eigenvalue weighted by molar-refractivity contribution is -0.130. The Morgan fingerprint density at radius 3 is 2.33 bits per heavy atom. The summed E-state index contributed by atoms with van der Waals surface area (Å²) >= 11 is 0. The van der Waals surface area contributed by atoms with Crippen LogP contribution >= 0.6 is 0 Å². The molecule has 0 spiro atoms. The fraction of sp³-hybridized carbons (Fsp3) is 0.214. The van der Waals surface area contributed by atoms with Gasteiger partial charge in [0, 0.05) is 11.4 Å². The second kappa shape index (κ2) is 10.4. The maximum absolute atomic E-state index is 12.7. The number of ether oxygens (including phenoxy) is 1. The highest BCUT2D eigenvalue weighted by Gasteiger charge is 2.21. The van der Waals surface area contributed by atoms with Crippen molar-refractivity contribution in [1.82, 2.24) is 14.9 Å². The first-order valence-corrected chi connectivity index (χ1v) is 11.6. The summed E-state index contributed by atoms with van der Waals surface area (Å²) in [6, 6.07) is 20.6. The van der Waals surface area contributed by atoms with Crippen LogP contribution in [-0.2, 0) is 14.3 Å². The Bertz CT molecular complexity index is 1420. The number of carbonyl (C=O) groups excluding carboxylic acids is 3. The molecule has 0 fully saturated rings. The van der Waals surface area contributed by atoms with Crippen molar-refractivity contribution in [2.45, 2.75) is 33.8 Å². The van der Waals surface area contributed by atoms with E-state index in [1.54, 1.807) is 12.1 Å². The van der Waals surface area contributed by atoms with Crippen molar-refractivity contribution < 1.29 is 19.1 Å². The van der Waals surface area contributed by atoms with Crippen molar-refractivity contribution in [1.29, 1.82) is 0 Å². The van der Waals surface area contributed by atoms with Crippen LogP contribution in [0.15, 0.2) is 66.7 Å². The number of esters is 1. The number of anilines is 1. The van der Waals surface area contributed by atoms with Gasteiger partial charge in [0.05, 0.1) is 23.1 Å². The molecule has 2 amide bonds. The number of amides is 2. The molecule has 1 aromatic heterocycles. The van der Waals surface area contributed by atoms with Crippen molar-refractivity contribution >= 4 is 34.5 Å². The van der Waals surface area contributed by atoms with Gasteiger partial charge in [-0.05, 0) is 69.2 Å². The average Bonchev–Trinajstić information content (AvgIpc) is 3.20. The average molecular weight is 485 g/mol. The zero-order chi connectivity index (χ0) is 25.8. The van der Waals surface area contributed by atoms with E-state index >= 15 is 0 Å². The number of hydrogen-bond donors (Lipinski definition) is 2. The Balaban J connectivity index is 1.37. The third-order valence-corrected chi connectivity index (χ3v) is 5.89. The van der Waals surface area contributed by atoms with Crippen LogP contribution in [0.25, 0.3) is 16.7 Å². The van der Waals surface area contributed by atoms with Crippen LogP contribution in [0.5, 0.6) is 0 Å². The summed E-state index contributed by atoms with van der Waals surface area (Å²) in [5.41, 5.74) is 5.33. The lowest BCUT2D eigenvalue weighted by Crippen LogP contribution is -2.40. The lowest BCUT2D eigenvalue weighted by Gasteiger charge is -2.15. The fourth-order valence-corrected chi connectivity index (χ4v) is 4.02. The van der Waals surface area contributed by atoms with Crippen LogP contribution in [-0.4, -0.2) is 40.0 Å². The number of nitrogens with one attached hydrogen (secondary N) is 2. The van der Waals surface area contributed by atoms with Gasteiger partial charge in [-0.25, -0.2) is 9.78 Å². The number of carbonyl (C=O) groups is 3. The monoisotopic (exact) mass is 484 g/mol. The molecule has 8 nitrogen and oxygen atoms in total. The van der Waals surface area contributed by atoms with E-state index in [-0.39, 0.29) is 18.0 Å². The number of fused-ring (bicyclic) bond motifs is 1. The summed E-state index contributed by atoms with van der Waals surface area (Å²) in [5, 5.41) is 5.32. The number of imidazole rings is 1. The first kappa shape index (κ1) is 24.7. The van der Waals surface area contributed by atoms with E-state index in [1.165, 1.54) is 6.92 Å². The van der Waals surface area contributed by atoms with E-state index in [1.807, 2.05) is 79.9 Å². The topological polar surface area (TPSA) is 102 Å². The van der Waals surface area contributed by atoms with Gasteiger partial charge in [0.25, 0.3) is 5.91 Å². The Kier molecular flexibility index (Phi) is 7.15. The first-order valence-electron chi connectivity index (χ1n) is 11.6. The van der Waals surface area contributed by atoms with Crippen LogP contribution in [0, 0.1) is 20.8 Å². The highest BCUT2D eigenvalue weighted by Crippen LogP contribution is 2.23. The van der Waals surface area contributed by atoms with Crippen LogP contribution in [0.4, 0.5) is 5.69 Å². The second-order valence-corrected chi connectivity index (χ2v) is 8.61. The minimum atomic E-state index is -1.08. The third-order valence-electron chi connectivity index (χ3n) is 5.89. The predicted molar refractivity (Wildman–Crippen MR) is 138 cm³/mol. The van der Waals surface area contributed by atoms with Crippen LogP contribution in [0.2, 0.25) is 0 Å². The SMILES string of the molecule is Cc1cccc(C)c1NC(=O)CNC(=O)C(C)OC(=O)c1ccc2c(c1)nc(C)n2-c1ccccc1. The summed E-state index contributed by atoms with van der Waals surface area (Å²) in [6.45, 7) is 6.91. The molecule has 3 aromatic carbocycles. The molecule has 8 heteroatoms. The molecular formula is C28H28N4O4. The van der Waals surface area contributed by atoms with Gasteiger partial charge >= 0.3 is 5.97 Å². The van der Waals surface area contributed by atoms with Crippen molar-refractivity contribution in [3.8, 4) is 5.69 Å². The van der Waals surface area contributed by atoms with Crippen molar-refractivity contribution in [2.24, 2.45) is 0 Å². The van der Waals surface area contributed by atoms with E-state index in [4.69, 9.17) is 4.74 Å². The van der Waals surface area contributed by atoms with Gasteiger partial charge in [0.15, 0.2) is 6.10 Å². The van der Waals surface area contributed by atoms with Gasteiger partial charge in [-0.3, -0.25) is 14.2 Å². The molecule has 2 N–H and O–H groups in total. The van der Waals surface area contributed by atoms with Crippen molar-refractivity contribution in [3.63, 3.8) is 0 Å². The van der Waals surface area contributed by atoms with Crippen LogP contribution in [0.3, 0.4) is 0 Å². The predicted octanol–water partition coefficient (Wildman–Crippen LogP) is 4.25. The maximum atomic E-state index is 12.7. The van der Waals surface area contributed by atoms with Gasteiger partial charge in [-0.2, -0.15) is 0 Å². The number of rotatable bonds is 7. The molecule has 0 bridgehead atoms. The molecule has 0 aliphatic carbocycles. The molecule has 184 valence electrons. The number of aromatic nitrogens is 2. The zero-order valence-corrected chi connectivity index (χ0v) is 20.7. The smallest absolute Gasteiger partial charge is 0.338 e. The van der Waals surface area contributed by atoms with E-state index in [0.717, 1.165) is 33.8 Å². The summed E-state index contributed by atoms with van der Waals surface area (Å²) in [6.07, 6.45) is -1.08. The number of nitrogens with zero attached hydrogens (tertiary/aromatic N) is 2. The normalized spacial score (nSPS) is 11.7. The molecule has 0 aliphatic heterocycles. The summed E-state index contributed by atoms with van der Waals surface area (Å²) < 4.78 is 7.34. The van der Waals surface area contributed by atoms with E-state index in [2.05, 4.69) is 15.6 Å². The Labute approximate surface area is 209 Å². The molecule has 4 rings (SSSR count). The summed E-state index contributed by atoms with van der Waals surface area (Å²) in [7, 11) is 0. The van der Waals surface area contributed by atoms with Gasteiger partial charge in [0.2, 0.25) is 5.91 Å². The molecule has 1 heterocycles. The molecular weight excluding hydrogens is 456 g/mol. The van der Waals surface area contributed by atoms with Crippen molar-refractivity contribution in [2.75, 3.05) is 11.9 Å². The number of benzene rings is 3. The van der Waals surface area contributed by atoms with E-state index in [9.17, 15) is 14.4 Å². The molecule has 0 aliphatic rings. The quantitative estimate of drug-likeness (QED) is 0.382. The molecule has 4 aromatic rings. The maximum Gasteiger partial charge on any atom is 0.338 e. The van der Waals surface area contributed by atoms with Gasteiger partial charge in [0.1, 0.15) is 5.82 Å². The molecule has 1 unspecified atom stereocenters. The molecule has 36 heavy (non-hydrogen) atoms. The minimum Gasteiger partial charge on any atom is -0.449 e. The highest BCUT2D eigenvalue weighted by molar-refractivity contribution is 5.98. The first-order chi connectivity index (χ1) is 17.2. The molecule has 0 saturated carbocycles. The van der Waals surface area contributed by atoms with Gasteiger partial charge in [-0.1, -0.05) is 36.4 Å². The largest absolute Gasteiger partial charge is 0.449 e. The Morgan fingerprint density at radius 1 is 0.944 bits per heavy atom. The number of hydrogen-bond acceptors (Lipinski definition) is 5. The van der Waals surface area contributed by atoms with Crippen molar-refractivity contribution in [3.05, 3.63) is 89.2 Å². The lowest BCUT2D eigenvalue weighted by atomic mass is 10.1. The summed E-state index contributed by atoms with van der Waals surface area (Å²) in [5.74, 6) is -0.792. The fourth-order valence-electron chi connectivity index (χ4n) is 4.02.